The number of ether oxygens (including phenoxy) is 2. The molecule has 0 spiro atoms. The molecular weight excluding hydrogens is 801 g/mol. The Balaban J connectivity index is 0.916. The second kappa shape index (κ2) is 17.1. The van der Waals surface area contributed by atoms with Gasteiger partial charge in [-0.05, 0) is 85.5 Å². The largest absolute Gasteiger partial charge is 0.455 e. The average molecular weight is 849 g/mol. The molecule has 3 fully saturated rings. The van der Waals surface area contributed by atoms with Crippen LogP contribution in [0, 0.1) is 22.0 Å². The lowest BCUT2D eigenvalue weighted by atomic mass is 9.93. The molecule has 9 rings (SSSR count). The van der Waals surface area contributed by atoms with Crippen molar-refractivity contribution in [2.24, 2.45) is 11.8 Å². The lowest BCUT2D eigenvalue weighted by Crippen LogP contribution is -2.54. The van der Waals surface area contributed by atoms with Crippen molar-refractivity contribution >= 4 is 49.9 Å². The third-order valence-corrected chi connectivity index (χ3v) is 13.5. The number of benzene rings is 3. The van der Waals surface area contributed by atoms with Crippen LogP contribution >= 0.6 is 0 Å². The fourth-order valence-electron chi connectivity index (χ4n) is 8.56. The van der Waals surface area contributed by atoms with Gasteiger partial charge in [-0.2, -0.15) is 0 Å². The Bertz CT molecular complexity index is 2570. The van der Waals surface area contributed by atoms with E-state index in [1.54, 1.807) is 24.4 Å². The van der Waals surface area contributed by atoms with E-state index >= 15 is 0 Å². The zero-order valence-electron chi connectivity index (χ0n) is 33.6. The van der Waals surface area contributed by atoms with Crippen LogP contribution in [0.3, 0.4) is 0 Å². The Morgan fingerprint density at radius 3 is 2.51 bits per heavy atom. The van der Waals surface area contributed by atoms with Crippen LogP contribution in [0.15, 0.2) is 90.1 Å². The maximum absolute atomic E-state index is 13.9. The number of carbonyl (C=O) groups excluding carboxylic acids is 2. The molecule has 5 aromatic rings. The molecule has 0 unspecified atom stereocenters. The van der Waals surface area contributed by atoms with Gasteiger partial charge < -0.3 is 29.6 Å². The van der Waals surface area contributed by atoms with Crippen molar-refractivity contribution in [1.82, 2.24) is 24.5 Å². The smallest absolute Gasteiger partial charge is 0.293 e. The first-order chi connectivity index (χ1) is 29.6. The summed E-state index contributed by atoms with van der Waals surface area (Å²) in [6.07, 6.45) is 7.67. The van der Waals surface area contributed by atoms with E-state index in [1.807, 2.05) is 12.1 Å². The molecule has 2 saturated heterocycles. The number of aromatic amines is 1. The number of rotatable bonds is 13. The van der Waals surface area contributed by atoms with Gasteiger partial charge in [0.05, 0.1) is 21.6 Å². The summed E-state index contributed by atoms with van der Waals surface area (Å²) in [7, 11) is -4.56. The zero-order valence-corrected chi connectivity index (χ0v) is 34.4. The van der Waals surface area contributed by atoms with Crippen LogP contribution in [0.25, 0.3) is 11.0 Å². The highest BCUT2D eigenvalue weighted by atomic mass is 32.2. The standard InChI is InChI=1S/C44H48N8O8S/c53-43(48-61(57,58)37-8-10-39(40(24-37)52(55)56)46-25-29-12-19-59-20-13-29)38-9-7-34(23-41(38)60-36-22-32-11-14-45-42(32)47-26-36)50-17-15-49(16-18-50)28-35-21-31-3-1-2-4-33(31)27-51(35)44(54)30-5-6-30/h1-4,7-11,14,22-24,26,29-30,35,46H,5-6,12-13,15-21,25,27-28H2,(H,45,47)(H,48,53)/t35-/m0/s1. The highest BCUT2D eigenvalue weighted by Crippen LogP contribution is 2.36. The van der Waals surface area contributed by atoms with Crippen LogP contribution in [-0.4, -0.2) is 103 Å². The second-order valence-electron chi connectivity index (χ2n) is 16.3. The van der Waals surface area contributed by atoms with Gasteiger partial charge in [0.1, 0.15) is 22.8 Å². The van der Waals surface area contributed by atoms with Crippen LogP contribution in [0.4, 0.5) is 17.1 Å². The highest BCUT2D eigenvalue weighted by molar-refractivity contribution is 7.90. The van der Waals surface area contributed by atoms with E-state index in [0.29, 0.717) is 50.8 Å². The number of aromatic nitrogens is 2. The summed E-state index contributed by atoms with van der Waals surface area (Å²) in [5.41, 5.74) is 3.67. The van der Waals surface area contributed by atoms with E-state index in [1.165, 1.54) is 35.5 Å². The number of hydrogen-bond donors (Lipinski definition) is 3. The number of fused-ring (bicyclic) bond motifs is 2. The molecule has 3 N–H and O–H groups in total. The maximum Gasteiger partial charge on any atom is 0.293 e. The van der Waals surface area contributed by atoms with Crippen LogP contribution in [0.5, 0.6) is 11.5 Å². The van der Waals surface area contributed by atoms with Gasteiger partial charge in [-0.25, -0.2) is 18.1 Å². The second-order valence-corrected chi connectivity index (χ2v) is 18.0. The fraction of sp³-hybridized carbons (Fsp3) is 0.386. The topological polar surface area (TPSA) is 192 Å². The first-order valence-electron chi connectivity index (χ1n) is 20.8. The number of nitrogens with one attached hydrogen (secondary N) is 3. The number of anilines is 2. The predicted molar refractivity (Wildman–Crippen MR) is 228 cm³/mol. The molecule has 2 amide bonds. The normalized spacial score (nSPS) is 18.7. The number of sulfonamides is 1. The summed E-state index contributed by atoms with van der Waals surface area (Å²) < 4.78 is 41.1. The molecule has 4 aliphatic rings. The van der Waals surface area contributed by atoms with Gasteiger partial charge in [0, 0.05) is 100 Å². The van der Waals surface area contributed by atoms with E-state index in [2.05, 4.69) is 52.9 Å². The maximum atomic E-state index is 13.9. The quantitative estimate of drug-likeness (QED) is 0.0968. The Morgan fingerprint density at radius 2 is 1.74 bits per heavy atom. The molecule has 61 heavy (non-hydrogen) atoms. The molecule has 16 nitrogen and oxygen atoms in total. The summed E-state index contributed by atoms with van der Waals surface area (Å²) in [6.45, 7) is 6.00. The van der Waals surface area contributed by atoms with E-state index in [9.17, 15) is 28.1 Å². The molecule has 3 aliphatic heterocycles. The van der Waals surface area contributed by atoms with E-state index in [4.69, 9.17) is 9.47 Å². The van der Waals surface area contributed by atoms with Crippen LogP contribution in [-0.2, 0) is 32.5 Å². The third kappa shape index (κ3) is 9.04. The number of piperazine rings is 1. The van der Waals surface area contributed by atoms with Gasteiger partial charge in [0.25, 0.3) is 21.6 Å². The average Bonchev–Trinajstić information content (AvgIpc) is 4.02. The van der Waals surface area contributed by atoms with Crippen molar-refractivity contribution < 1.29 is 32.4 Å². The van der Waals surface area contributed by atoms with E-state index in [0.717, 1.165) is 68.9 Å². The van der Waals surface area contributed by atoms with E-state index < -0.39 is 31.4 Å². The number of amides is 2. The predicted octanol–water partition coefficient (Wildman–Crippen LogP) is 5.71. The zero-order chi connectivity index (χ0) is 42.1. The molecule has 1 aliphatic carbocycles. The monoisotopic (exact) mass is 848 g/mol. The van der Waals surface area contributed by atoms with E-state index in [-0.39, 0.29) is 40.8 Å². The number of pyridine rings is 1. The summed E-state index contributed by atoms with van der Waals surface area (Å²) in [5.74, 6) is 0.162. The lowest BCUT2D eigenvalue weighted by molar-refractivity contribution is -0.384. The summed E-state index contributed by atoms with van der Waals surface area (Å²) >= 11 is 0. The van der Waals surface area contributed by atoms with Crippen molar-refractivity contribution in [2.45, 2.75) is 49.6 Å². The Labute approximate surface area is 353 Å². The molecule has 0 radical (unpaired) electrons. The number of nitrogens with zero attached hydrogens (tertiary/aromatic N) is 5. The molecule has 17 heteroatoms. The SMILES string of the molecule is O=C(NS(=O)(=O)c1ccc(NCC2CCOCC2)c([N+](=O)[O-])c1)c1ccc(N2CCN(C[C@@H]3Cc4ccccc4CN3C(=O)C3CC3)CC2)cc1Oc1cnc2[nH]ccc2c1. The van der Waals surface area contributed by atoms with Gasteiger partial charge in [0.2, 0.25) is 5.91 Å². The van der Waals surface area contributed by atoms with Crippen molar-refractivity contribution in [1.29, 1.82) is 0 Å². The minimum absolute atomic E-state index is 0.0534. The Hall–Kier alpha value is -6.04. The summed E-state index contributed by atoms with van der Waals surface area (Å²) in [4.78, 5) is 52.4. The molecule has 318 valence electrons. The molecule has 2 aromatic heterocycles. The lowest BCUT2D eigenvalue weighted by Gasteiger charge is -2.42. The number of carbonyl (C=O) groups is 2. The minimum Gasteiger partial charge on any atom is -0.455 e. The third-order valence-electron chi connectivity index (χ3n) is 12.2. The molecule has 1 atom stereocenters. The number of hydrogen-bond acceptors (Lipinski definition) is 12. The molecule has 1 saturated carbocycles. The summed E-state index contributed by atoms with van der Waals surface area (Å²) in [5, 5.41) is 15.9. The van der Waals surface area contributed by atoms with Gasteiger partial charge in [-0.15, -0.1) is 0 Å². The van der Waals surface area contributed by atoms with Crippen LogP contribution in [0.2, 0.25) is 0 Å². The number of nitro benzene ring substituents is 1. The number of H-pyrrole nitrogens is 1. The molecule has 0 bridgehead atoms. The molecule has 5 heterocycles. The fourth-order valence-corrected chi connectivity index (χ4v) is 9.55. The summed E-state index contributed by atoms with van der Waals surface area (Å²) in [6, 6.07) is 20.6. The number of nitro groups is 1. The van der Waals surface area contributed by atoms with Gasteiger partial charge in [-0.1, -0.05) is 24.3 Å². The van der Waals surface area contributed by atoms with Gasteiger partial charge >= 0.3 is 0 Å². The van der Waals surface area contributed by atoms with Crippen molar-refractivity contribution in [3.63, 3.8) is 0 Å². The highest BCUT2D eigenvalue weighted by Gasteiger charge is 2.39. The van der Waals surface area contributed by atoms with Crippen LogP contribution < -0.4 is 19.7 Å². The minimum atomic E-state index is -4.56. The first-order valence-corrected chi connectivity index (χ1v) is 22.3. The molecular formula is C44H48N8O8S. The Morgan fingerprint density at radius 1 is 0.951 bits per heavy atom. The van der Waals surface area contributed by atoms with Gasteiger partial charge in [-0.3, -0.25) is 24.6 Å². The van der Waals surface area contributed by atoms with Gasteiger partial charge in [0.15, 0.2) is 0 Å². The van der Waals surface area contributed by atoms with Crippen molar-refractivity contribution in [3.05, 3.63) is 112 Å². The van der Waals surface area contributed by atoms with Crippen LogP contribution in [0.1, 0.15) is 47.2 Å². The Kier molecular flexibility index (Phi) is 11.3. The van der Waals surface area contributed by atoms with Crippen molar-refractivity contribution in [2.75, 3.05) is 62.7 Å². The molecule has 3 aromatic carbocycles. The van der Waals surface area contributed by atoms with Crippen molar-refractivity contribution in [3.8, 4) is 11.5 Å². The first kappa shape index (κ1) is 40.4.